The zero-order valence-electron chi connectivity index (χ0n) is 10.1. The molecular weight excluding hydrogens is 256 g/mol. The summed E-state index contributed by atoms with van der Waals surface area (Å²) in [5, 5.41) is 0. The van der Waals surface area contributed by atoms with Gasteiger partial charge in [-0.2, -0.15) is 8.42 Å². The molecule has 0 amide bonds. The van der Waals surface area contributed by atoms with Crippen molar-refractivity contribution < 1.29 is 22.1 Å². The highest BCUT2D eigenvalue weighted by molar-refractivity contribution is 7.85. The van der Waals surface area contributed by atoms with Gasteiger partial charge in [-0.3, -0.25) is 4.18 Å². The topological polar surface area (TPSA) is 61.8 Å². The molecule has 0 atom stereocenters. The number of benzene rings is 1. The summed E-state index contributed by atoms with van der Waals surface area (Å²) >= 11 is 0. The van der Waals surface area contributed by atoms with Crippen LogP contribution in [0.2, 0.25) is 0 Å². The summed E-state index contributed by atoms with van der Waals surface area (Å²) in [4.78, 5) is 0. The maximum Gasteiger partial charge on any atom is 0.273 e. The van der Waals surface area contributed by atoms with E-state index in [0.717, 1.165) is 17.4 Å². The highest BCUT2D eigenvalue weighted by Crippen LogP contribution is 2.31. The van der Waals surface area contributed by atoms with Crippen molar-refractivity contribution in [2.75, 3.05) is 6.26 Å². The maximum absolute atomic E-state index is 10.9. The minimum Gasteiger partial charge on any atom is -0.453 e. The first-order valence-electron chi connectivity index (χ1n) is 5.33. The van der Waals surface area contributed by atoms with Crippen LogP contribution in [-0.2, 0) is 36.2 Å². The normalized spacial score (nSPS) is 17.2. The van der Waals surface area contributed by atoms with Crippen LogP contribution in [0.5, 0.6) is 0 Å². The van der Waals surface area contributed by atoms with Crippen LogP contribution in [0.25, 0.3) is 0 Å². The van der Waals surface area contributed by atoms with Crippen LogP contribution in [0.4, 0.5) is 0 Å². The lowest BCUT2D eigenvalue weighted by atomic mass is 10.0. The van der Waals surface area contributed by atoms with Crippen molar-refractivity contribution in [1.82, 2.24) is 0 Å². The zero-order valence-corrected chi connectivity index (χ0v) is 10.9. The average Bonchev–Trinajstić information content (AvgIpc) is 2.75. The molecule has 0 spiro atoms. The van der Waals surface area contributed by atoms with E-state index < -0.39 is 15.9 Å². The van der Waals surface area contributed by atoms with Gasteiger partial charge in [0.25, 0.3) is 15.9 Å². The highest BCUT2D eigenvalue weighted by Gasteiger charge is 2.31. The second-order valence-corrected chi connectivity index (χ2v) is 5.76. The minimum absolute atomic E-state index is 0.00379. The molecule has 5 nitrogen and oxygen atoms in total. The van der Waals surface area contributed by atoms with Gasteiger partial charge in [-0.05, 0) is 11.6 Å². The van der Waals surface area contributed by atoms with Gasteiger partial charge in [0.2, 0.25) is 0 Å². The first kappa shape index (κ1) is 12.9. The molecule has 98 valence electrons. The third-order valence-corrected chi connectivity index (χ3v) is 3.08. The Morgan fingerprint density at radius 2 is 1.94 bits per heavy atom. The summed E-state index contributed by atoms with van der Waals surface area (Å²) in [7, 11) is -3.44. The van der Waals surface area contributed by atoms with Crippen molar-refractivity contribution >= 4 is 10.1 Å². The zero-order chi connectivity index (χ0) is 13.2. The lowest BCUT2D eigenvalue weighted by molar-refractivity contribution is -0.133. The maximum atomic E-state index is 10.9. The van der Waals surface area contributed by atoms with Crippen molar-refractivity contribution in [3.8, 4) is 0 Å². The molecule has 0 N–H and O–H groups in total. The van der Waals surface area contributed by atoms with E-state index in [-0.39, 0.29) is 6.61 Å². The first-order chi connectivity index (χ1) is 8.39. The Kier molecular flexibility index (Phi) is 3.32. The van der Waals surface area contributed by atoms with Gasteiger partial charge in [0.05, 0.1) is 12.9 Å². The van der Waals surface area contributed by atoms with Crippen LogP contribution in [0.15, 0.2) is 36.8 Å². The monoisotopic (exact) mass is 270 g/mol. The molecule has 0 radical (unpaired) electrons. The average molecular weight is 270 g/mol. The Labute approximate surface area is 106 Å². The molecule has 0 aromatic heterocycles. The summed E-state index contributed by atoms with van der Waals surface area (Å²) in [6.07, 6.45) is 3.96. The summed E-state index contributed by atoms with van der Waals surface area (Å²) in [6.45, 7) is 1.78. The van der Waals surface area contributed by atoms with Crippen LogP contribution in [-0.4, -0.2) is 14.7 Å². The Morgan fingerprint density at radius 1 is 1.28 bits per heavy atom. The van der Waals surface area contributed by atoms with Crippen molar-refractivity contribution in [2.45, 2.75) is 19.3 Å². The number of ether oxygens (including phenoxy) is 2. The fourth-order valence-electron chi connectivity index (χ4n) is 1.60. The van der Waals surface area contributed by atoms with Gasteiger partial charge in [0.15, 0.2) is 0 Å². The predicted octanol–water partition coefficient (Wildman–Crippen LogP) is 1.85. The van der Waals surface area contributed by atoms with Crippen LogP contribution >= 0.6 is 0 Å². The van der Waals surface area contributed by atoms with Gasteiger partial charge in [-0.15, -0.1) is 0 Å². The molecule has 1 aromatic carbocycles. The fraction of sp³-hybridized carbons (Fsp3) is 0.333. The van der Waals surface area contributed by atoms with Crippen LogP contribution < -0.4 is 0 Å². The predicted molar refractivity (Wildman–Crippen MR) is 64.7 cm³/mol. The molecule has 6 heteroatoms. The van der Waals surface area contributed by atoms with Gasteiger partial charge in [0.1, 0.15) is 12.5 Å². The van der Waals surface area contributed by atoms with Crippen LogP contribution in [0.1, 0.15) is 18.1 Å². The Hall–Kier alpha value is -1.53. The second-order valence-electron chi connectivity index (χ2n) is 4.12. The van der Waals surface area contributed by atoms with E-state index in [1.165, 1.54) is 12.5 Å². The third-order valence-electron chi connectivity index (χ3n) is 2.53. The van der Waals surface area contributed by atoms with Crippen LogP contribution in [0.3, 0.4) is 0 Å². The van der Waals surface area contributed by atoms with E-state index in [0.29, 0.717) is 0 Å². The van der Waals surface area contributed by atoms with Gasteiger partial charge in [0, 0.05) is 12.5 Å². The lowest BCUT2D eigenvalue weighted by Crippen LogP contribution is -2.22. The molecule has 1 aromatic rings. The van der Waals surface area contributed by atoms with Crippen molar-refractivity contribution in [3.05, 3.63) is 47.9 Å². The standard InChI is InChI=1S/C12H14O5S/c1-12(15-6-7-16-12)11-5-3-4-10(8-11)9-17-18(2,13)14/h3-8H,9H2,1-2H3. The van der Waals surface area contributed by atoms with E-state index >= 15 is 0 Å². The molecule has 0 aliphatic carbocycles. The molecule has 1 aliphatic rings. The Balaban J connectivity index is 2.15. The van der Waals surface area contributed by atoms with E-state index in [2.05, 4.69) is 0 Å². The molecule has 0 saturated heterocycles. The number of rotatable bonds is 4. The fourth-order valence-corrected chi connectivity index (χ4v) is 1.95. The largest absolute Gasteiger partial charge is 0.453 e. The Morgan fingerprint density at radius 3 is 2.56 bits per heavy atom. The molecule has 1 aliphatic heterocycles. The SMILES string of the molecule is CC1(c2cccc(COS(C)(=O)=O)c2)OC=CO1. The third kappa shape index (κ3) is 3.02. The molecule has 0 unspecified atom stereocenters. The van der Waals surface area contributed by atoms with Crippen LogP contribution in [0, 0.1) is 0 Å². The second kappa shape index (κ2) is 4.62. The summed E-state index contributed by atoms with van der Waals surface area (Å²) in [6, 6.07) is 7.21. The van der Waals surface area contributed by atoms with E-state index in [4.69, 9.17) is 13.7 Å². The molecule has 0 bridgehead atoms. The summed E-state index contributed by atoms with van der Waals surface area (Å²) < 4.78 is 37.3. The lowest BCUT2D eigenvalue weighted by Gasteiger charge is -2.23. The molecule has 18 heavy (non-hydrogen) atoms. The summed E-state index contributed by atoms with van der Waals surface area (Å²) in [5.74, 6) is -0.860. The first-order valence-corrected chi connectivity index (χ1v) is 7.15. The molecule has 0 saturated carbocycles. The molecule has 1 heterocycles. The van der Waals surface area contributed by atoms with Gasteiger partial charge in [-0.1, -0.05) is 18.2 Å². The van der Waals surface area contributed by atoms with Gasteiger partial charge >= 0.3 is 0 Å². The number of hydrogen-bond donors (Lipinski definition) is 0. The van der Waals surface area contributed by atoms with E-state index in [1.807, 2.05) is 6.07 Å². The molecule has 2 rings (SSSR count). The summed E-state index contributed by atoms with van der Waals surface area (Å²) in [5.41, 5.74) is 1.53. The smallest absolute Gasteiger partial charge is 0.273 e. The van der Waals surface area contributed by atoms with Crippen molar-refractivity contribution in [3.63, 3.8) is 0 Å². The Bertz CT molecular complexity index is 554. The molecular formula is C12H14O5S. The van der Waals surface area contributed by atoms with E-state index in [9.17, 15) is 8.42 Å². The van der Waals surface area contributed by atoms with E-state index in [1.54, 1.807) is 25.1 Å². The van der Waals surface area contributed by atoms with Crippen molar-refractivity contribution in [1.29, 1.82) is 0 Å². The quantitative estimate of drug-likeness (QED) is 0.781. The highest BCUT2D eigenvalue weighted by atomic mass is 32.2. The number of hydrogen-bond acceptors (Lipinski definition) is 5. The van der Waals surface area contributed by atoms with Crippen molar-refractivity contribution in [2.24, 2.45) is 0 Å². The minimum atomic E-state index is -3.44. The van der Waals surface area contributed by atoms with Gasteiger partial charge in [-0.25, -0.2) is 0 Å². The van der Waals surface area contributed by atoms with Gasteiger partial charge < -0.3 is 9.47 Å². The molecule has 0 fully saturated rings.